The summed E-state index contributed by atoms with van der Waals surface area (Å²) < 4.78 is 17.2. The van der Waals surface area contributed by atoms with Gasteiger partial charge in [0.25, 0.3) is 0 Å². The quantitative estimate of drug-likeness (QED) is 0.472. The molecular formula is C21H15ClO4. The van der Waals surface area contributed by atoms with E-state index in [0.29, 0.717) is 21.8 Å². The number of benzene rings is 2. The molecule has 0 bridgehead atoms. The van der Waals surface area contributed by atoms with E-state index in [1.807, 2.05) is 31.2 Å². The van der Waals surface area contributed by atoms with Gasteiger partial charge in [0.05, 0.1) is 11.6 Å². The lowest BCUT2D eigenvalue weighted by atomic mass is 10.1. The summed E-state index contributed by atoms with van der Waals surface area (Å²) in [6, 6.07) is 16.2. The van der Waals surface area contributed by atoms with Crippen molar-refractivity contribution >= 4 is 22.6 Å². The van der Waals surface area contributed by atoms with Crippen LogP contribution in [0.1, 0.15) is 11.1 Å². The molecule has 0 aliphatic heterocycles. The van der Waals surface area contributed by atoms with Crippen LogP contribution in [-0.4, -0.2) is 0 Å². The van der Waals surface area contributed by atoms with E-state index in [-0.39, 0.29) is 23.5 Å². The zero-order valence-corrected chi connectivity index (χ0v) is 14.7. The monoisotopic (exact) mass is 366 g/mol. The summed E-state index contributed by atoms with van der Waals surface area (Å²) in [6.45, 7) is 2.24. The normalized spacial score (nSPS) is 11.0. The van der Waals surface area contributed by atoms with Crippen molar-refractivity contribution in [1.82, 2.24) is 0 Å². The lowest BCUT2D eigenvalue weighted by molar-refractivity contribution is 0.295. The molecule has 0 fully saturated rings. The Bertz CT molecular complexity index is 1130. The Morgan fingerprint density at radius 1 is 1.08 bits per heavy atom. The number of hydrogen-bond acceptors (Lipinski definition) is 4. The second-order valence-corrected chi connectivity index (χ2v) is 6.36. The van der Waals surface area contributed by atoms with Gasteiger partial charge < -0.3 is 13.6 Å². The van der Waals surface area contributed by atoms with Crippen molar-refractivity contribution in [3.63, 3.8) is 0 Å². The van der Waals surface area contributed by atoms with Crippen LogP contribution in [0.3, 0.4) is 0 Å². The Morgan fingerprint density at radius 3 is 2.69 bits per heavy atom. The molecular weight excluding hydrogens is 352 g/mol. The molecule has 4 rings (SSSR count). The Morgan fingerprint density at radius 2 is 1.92 bits per heavy atom. The van der Waals surface area contributed by atoms with Gasteiger partial charge in [-0.25, -0.2) is 0 Å². The van der Waals surface area contributed by atoms with Gasteiger partial charge in [0.1, 0.15) is 12.2 Å². The molecule has 2 aromatic heterocycles. The fourth-order valence-corrected chi connectivity index (χ4v) is 2.95. The van der Waals surface area contributed by atoms with E-state index in [2.05, 4.69) is 0 Å². The average molecular weight is 367 g/mol. The van der Waals surface area contributed by atoms with Crippen LogP contribution < -0.4 is 10.2 Å². The SMILES string of the molecule is Cc1ccccc1COc1c(-c2ccco2)oc2ccc(Cl)cc2c1=O. The first kappa shape index (κ1) is 16.5. The van der Waals surface area contributed by atoms with Gasteiger partial charge in [-0.1, -0.05) is 35.9 Å². The van der Waals surface area contributed by atoms with E-state index in [9.17, 15) is 4.79 Å². The van der Waals surface area contributed by atoms with E-state index in [1.165, 1.54) is 6.26 Å². The summed E-state index contributed by atoms with van der Waals surface area (Å²) in [7, 11) is 0. The van der Waals surface area contributed by atoms with Gasteiger partial charge in [-0.3, -0.25) is 4.79 Å². The number of halogens is 1. The van der Waals surface area contributed by atoms with Crippen molar-refractivity contribution in [2.45, 2.75) is 13.5 Å². The second kappa shape index (κ2) is 6.73. The fraction of sp³-hybridized carbons (Fsp3) is 0.0952. The molecule has 0 unspecified atom stereocenters. The number of fused-ring (bicyclic) bond motifs is 1. The Hall–Kier alpha value is -2.98. The van der Waals surface area contributed by atoms with Crippen LogP contribution in [-0.2, 0) is 6.61 Å². The first-order chi connectivity index (χ1) is 12.6. The third-order valence-corrected chi connectivity index (χ3v) is 4.42. The van der Waals surface area contributed by atoms with Crippen molar-refractivity contribution < 1.29 is 13.6 Å². The first-order valence-corrected chi connectivity index (χ1v) is 8.49. The number of aryl methyl sites for hydroxylation is 1. The smallest absolute Gasteiger partial charge is 0.235 e. The summed E-state index contributed by atoms with van der Waals surface area (Å²) in [6.07, 6.45) is 1.52. The minimum absolute atomic E-state index is 0.109. The fourth-order valence-electron chi connectivity index (χ4n) is 2.77. The van der Waals surface area contributed by atoms with E-state index in [4.69, 9.17) is 25.2 Å². The minimum atomic E-state index is -0.284. The van der Waals surface area contributed by atoms with Gasteiger partial charge in [0.15, 0.2) is 5.76 Å². The molecule has 0 saturated heterocycles. The third kappa shape index (κ3) is 3.00. The summed E-state index contributed by atoms with van der Waals surface area (Å²) in [5.74, 6) is 0.806. The molecule has 0 saturated carbocycles. The molecule has 0 aliphatic rings. The van der Waals surface area contributed by atoms with Crippen LogP contribution in [0, 0.1) is 6.92 Å². The molecule has 26 heavy (non-hydrogen) atoms. The Labute approximate surface area is 154 Å². The molecule has 4 nitrogen and oxygen atoms in total. The Balaban J connectivity index is 1.85. The van der Waals surface area contributed by atoms with Crippen molar-refractivity contribution in [3.05, 3.63) is 87.2 Å². The lowest BCUT2D eigenvalue weighted by Gasteiger charge is -2.11. The van der Waals surface area contributed by atoms with Crippen molar-refractivity contribution in [2.75, 3.05) is 0 Å². The molecule has 2 heterocycles. The van der Waals surface area contributed by atoms with Crippen molar-refractivity contribution in [1.29, 1.82) is 0 Å². The highest BCUT2D eigenvalue weighted by Gasteiger charge is 2.20. The standard InChI is InChI=1S/C21H15ClO4/c1-13-5-2-3-6-14(13)12-25-21-19(23)16-11-15(22)8-9-17(16)26-20(21)18-7-4-10-24-18/h2-11H,12H2,1H3. The van der Waals surface area contributed by atoms with Crippen LogP contribution in [0.15, 0.2) is 74.5 Å². The molecule has 4 aromatic rings. The van der Waals surface area contributed by atoms with Crippen LogP contribution in [0.2, 0.25) is 5.02 Å². The topological polar surface area (TPSA) is 52.6 Å². The van der Waals surface area contributed by atoms with Crippen molar-refractivity contribution in [3.8, 4) is 17.3 Å². The van der Waals surface area contributed by atoms with Gasteiger partial charge in [-0.2, -0.15) is 0 Å². The maximum Gasteiger partial charge on any atom is 0.235 e. The zero-order chi connectivity index (χ0) is 18.1. The van der Waals surface area contributed by atoms with E-state index >= 15 is 0 Å². The molecule has 0 radical (unpaired) electrons. The van der Waals surface area contributed by atoms with Crippen LogP contribution in [0.25, 0.3) is 22.5 Å². The molecule has 0 spiro atoms. The molecule has 0 N–H and O–H groups in total. The second-order valence-electron chi connectivity index (χ2n) is 5.92. The van der Waals surface area contributed by atoms with Crippen LogP contribution in [0.5, 0.6) is 5.75 Å². The van der Waals surface area contributed by atoms with Gasteiger partial charge in [0, 0.05) is 5.02 Å². The highest BCUT2D eigenvalue weighted by molar-refractivity contribution is 6.31. The molecule has 130 valence electrons. The van der Waals surface area contributed by atoms with E-state index in [1.54, 1.807) is 30.3 Å². The summed E-state index contributed by atoms with van der Waals surface area (Å²) in [5, 5.41) is 0.827. The number of rotatable bonds is 4. The summed E-state index contributed by atoms with van der Waals surface area (Å²) in [5.41, 5.74) is 2.21. The average Bonchev–Trinajstić information content (AvgIpc) is 3.17. The van der Waals surface area contributed by atoms with Crippen molar-refractivity contribution in [2.24, 2.45) is 0 Å². The van der Waals surface area contributed by atoms with Gasteiger partial charge in [-0.15, -0.1) is 0 Å². The number of hydrogen-bond donors (Lipinski definition) is 0. The lowest BCUT2D eigenvalue weighted by Crippen LogP contribution is -2.10. The summed E-state index contributed by atoms with van der Waals surface area (Å²) >= 11 is 6.04. The highest BCUT2D eigenvalue weighted by Crippen LogP contribution is 2.32. The summed E-state index contributed by atoms with van der Waals surface area (Å²) in [4.78, 5) is 13.0. The van der Waals surface area contributed by atoms with Crippen LogP contribution >= 0.6 is 11.6 Å². The molecule has 2 aromatic carbocycles. The maximum atomic E-state index is 13.0. The molecule has 0 aliphatic carbocycles. The Kier molecular flexibility index (Phi) is 4.27. The molecule has 0 atom stereocenters. The number of furan rings is 1. The van der Waals surface area contributed by atoms with Crippen LogP contribution in [0.4, 0.5) is 0 Å². The zero-order valence-electron chi connectivity index (χ0n) is 14.0. The predicted octanol–water partition coefficient (Wildman–Crippen LogP) is 5.59. The van der Waals surface area contributed by atoms with Gasteiger partial charge in [-0.05, 0) is 48.4 Å². The maximum absolute atomic E-state index is 13.0. The van der Waals surface area contributed by atoms with E-state index in [0.717, 1.165) is 11.1 Å². The van der Waals surface area contributed by atoms with Gasteiger partial charge >= 0.3 is 0 Å². The first-order valence-electron chi connectivity index (χ1n) is 8.11. The highest BCUT2D eigenvalue weighted by atomic mass is 35.5. The third-order valence-electron chi connectivity index (χ3n) is 4.19. The predicted molar refractivity (Wildman–Crippen MR) is 101 cm³/mol. The molecule has 5 heteroatoms. The van der Waals surface area contributed by atoms with Gasteiger partial charge in [0.2, 0.25) is 16.9 Å². The minimum Gasteiger partial charge on any atom is -0.481 e. The number of ether oxygens (including phenoxy) is 1. The van der Waals surface area contributed by atoms with E-state index < -0.39 is 0 Å². The largest absolute Gasteiger partial charge is 0.481 e. The molecule has 0 amide bonds.